The maximum absolute atomic E-state index is 9.77. The van der Waals surface area contributed by atoms with Crippen molar-refractivity contribution in [3.8, 4) is 0 Å². The van der Waals surface area contributed by atoms with Crippen molar-refractivity contribution >= 4 is 17.4 Å². The van der Waals surface area contributed by atoms with Crippen molar-refractivity contribution in [1.82, 2.24) is 0 Å². The van der Waals surface area contributed by atoms with E-state index in [2.05, 4.69) is 4.99 Å². The first kappa shape index (κ1) is 10.9. The standard InChI is InChI=1S/C6H12N2O2.Al/c7-8(10-9)6-4-2-1-3-5-6;/h6-7H,1-5H2;/q+1;+3. The smallest absolute Gasteiger partial charge is 0.0528 e. The molecule has 0 aromatic rings. The van der Waals surface area contributed by atoms with Crippen LogP contribution < -0.4 is 0 Å². The molecule has 1 saturated carbocycles. The van der Waals surface area contributed by atoms with Crippen LogP contribution in [0.2, 0.25) is 0 Å². The molecule has 1 radical (unpaired) electrons. The molecule has 1 aliphatic rings. The predicted octanol–water partition coefficient (Wildman–Crippen LogP) is 1.26. The second-order valence-electron chi connectivity index (χ2n) is 2.69. The Morgan fingerprint density at radius 3 is 2.27 bits per heavy atom. The van der Waals surface area contributed by atoms with Gasteiger partial charge in [0.15, 0.2) is 0 Å². The van der Waals surface area contributed by atoms with Gasteiger partial charge < -0.3 is 0 Å². The Balaban J connectivity index is 0.000001000. The summed E-state index contributed by atoms with van der Waals surface area (Å²) in [6.45, 7) is 0. The van der Waals surface area contributed by atoms with Crippen LogP contribution in [-0.2, 0) is 10.2 Å². The molecule has 1 rings (SSSR count). The molecule has 0 aliphatic heterocycles. The number of rotatable bonds is 2. The summed E-state index contributed by atoms with van der Waals surface area (Å²) in [7, 11) is 0. The van der Waals surface area contributed by atoms with Crippen LogP contribution in [0.1, 0.15) is 32.1 Å². The van der Waals surface area contributed by atoms with Gasteiger partial charge in [-0.1, -0.05) is 6.42 Å². The zero-order valence-electron chi connectivity index (χ0n) is 6.45. The third kappa shape index (κ3) is 3.19. The Morgan fingerprint density at radius 2 is 1.82 bits per heavy atom. The molecule has 1 aliphatic carbocycles. The molecule has 0 unspecified atom stereocenters. The normalized spacial score (nSPS) is 18.6. The molecular formula is C6H12AlN2O2+4. The molecule has 1 N–H and O–H groups in total. The van der Waals surface area contributed by atoms with Crippen molar-refractivity contribution in [3.05, 3.63) is 0 Å². The van der Waals surface area contributed by atoms with E-state index in [9.17, 15) is 5.26 Å². The molecule has 0 atom stereocenters. The minimum atomic E-state index is 0. The van der Waals surface area contributed by atoms with E-state index in [1.165, 1.54) is 6.42 Å². The number of hydrogen-bond donors (Lipinski definition) is 1. The van der Waals surface area contributed by atoms with Crippen LogP contribution in [0.3, 0.4) is 0 Å². The second-order valence-corrected chi connectivity index (χ2v) is 2.69. The van der Waals surface area contributed by atoms with Gasteiger partial charge in [0.25, 0.3) is 0 Å². The molecule has 0 saturated heterocycles. The van der Waals surface area contributed by atoms with E-state index in [1.54, 1.807) is 0 Å². The minimum absolute atomic E-state index is 0. The van der Waals surface area contributed by atoms with Gasteiger partial charge in [0.2, 0.25) is 6.04 Å². The summed E-state index contributed by atoms with van der Waals surface area (Å²) in [4.78, 5) is 4.22. The summed E-state index contributed by atoms with van der Waals surface area (Å²) in [5, 5.41) is 9.77. The zero-order valence-corrected chi connectivity index (χ0v) is 7.61. The van der Waals surface area contributed by atoms with E-state index in [-0.39, 0.29) is 23.4 Å². The van der Waals surface area contributed by atoms with E-state index in [1.807, 2.05) is 0 Å². The molecule has 0 aromatic heterocycles. The molecule has 11 heavy (non-hydrogen) atoms. The summed E-state index contributed by atoms with van der Waals surface area (Å²) in [6.07, 6.45) is 5.30. The second kappa shape index (κ2) is 5.53. The fourth-order valence-corrected chi connectivity index (χ4v) is 1.38. The fraction of sp³-hybridized carbons (Fsp3) is 1.00. The maximum Gasteiger partial charge on any atom is 3.00 e. The monoisotopic (exact) mass is 171 g/mol. The van der Waals surface area contributed by atoms with E-state index in [0.717, 1.165) is 25.7 Å². The quantitative estimate of drug-likeness (QED) is 0.219. The van der Waals surface area contributed by atoms with Crippen LogP contribution in [-0.4, -0.2) is 28.3 Å². The summed E-state index contributed by atoms with van der Waals surface area (Å²) < 4.78 is 0. The molecular weight excluding hydrogens is 159 g/mol. The van der Waals surface area contributed by atoms with Crippen molar-refractivity contribution in [3.63, 3.8) is 0 Å². The first-order valence-corrected chi connectivity index (χ1v) is 3.65. The van der Waals surface area contributed by atoms with Gasteiger partial charge in [-0.05, 0) is 23.4 Å². The van der Waals surface area contributed by atoms with Gasteiger partial charge in [-0.15, -0.1) is 0 Å². The van der Waals surface area contributed by atoms with E-state index in [0.29, 0.717) is 4.86 Å². The molecule has 5 heteroatoms. The molecule has 4 nitrogen and oxygen atoms in total. The van der Waals surface area contributed by atoms with Crippen LogP contribution in [0.15, 0.2) is 0 Å². The minimum Gasteiger partial charge on any atom is -0.0528 e. The SMILES string of the molecule is N=[N+](O[O])C1CCCCC1.[Al+3]. The van der Waals surface area contributed by atoms with E-state index < -0.39 is 0 Å². The largest absolute Gasteiger partial charge is 3.00 e. The van der Waals surface area contributed by atoms with Crippen molar-refractivity contribution in [1.29, 1.82) is 5.53 Å². The first-order valence-electron chi connectivity index (χ1n) is 3.65. The van der Waals surface area contributed by atoms with Crippen LogP contribution >= 0.6 is 0 Å². The van der Waals surface area contributed by atoms with Crippen molar-refractivity contribution in [2.75, 3.05) is 0 Å². The Bertz CT molecular complexity index is 126. The zero-order chi connectivity index (χ0) is 7.40. The van der Waals surface area contributed by atoms with Gasteiger partial charge >= 0.3 is 17.4 Å². The summed E-state index contributed by atoms with van der Waals surface area (Å²) >= 11 is 0. The van der Waals surface area contributed by atoms with E-state index in [4.69, 9.17) is 5.53 Å². The Hall–Kier alpha value is -0.108. The van der Waals surface area contributed by atoms with Gasteiger partial charge in [-0.3, -0.25) is 0 Å². The summed E-state index contributed by atoms with van der Waals surface area (Å²) in [5.41, 5.74) is 7.01. The topological polar surface area (TPSA) is 56.0 Å². The average Bonchev–Trinajstić information content (AvgIpc) is 2.05. The average molecular weight is 171 g/mol. The van der Waals surface area contributed by atoms with Crippen molar-refractivity contribution < 1.29 is 15.1 Å². The molecule has 57 valence electrons. The van der Waals surface area contributed by atoms with Crippen molar-refractivity contribution in [2.45, 2.75) is 38.1 Å². The Labute approximate surface area is 76.7 Å². The molecule has 0 amide bonds. The number of nitrogens with one attached hydrogen (secondary N) is 1. The molecule has 1 fully saturated rings. The van der Waals surface area contributed by atoms with Gasteiger partial charge in [-0.25, -0.2) is 0 Å². The van der Waals surface area contributed by atoms with Crippen LogP contribution in [0.5, 0.6) is 0 Å². The Morgan fingerprint density at radius 1 is 1.27 bits per heavy atom. The third-order valence-electron chi connectivity index (χ3n) is 1.99. The fourth-order valence-electron chi connectivity index (χ4n) is 1.38. The molecule has 0 bridgehead atoms. The van der Waals surface area contributed by atoms with Crippen LogP contribution in [0.25, 0.3) is 0 Å². The summed E-state index contributed by atoms with van der Waals surface area (Å²) in [5.74, 6) is 0. The molecule has 0 aromatic carbocycles. The maximum atomic E-state index is 9.77. The van der Waals surface area contributed by atoms with Crippen LogP contribution in [0.4, 0.5) is 0 Å². The van der Waals surface area contributed by atoms with Gasteiger partial charge in [0, 0.05) is 12.8 Å². The van der Waals surface area contributed by atoms with Crippen molar-refractivity contribution in [2.24, 2.45) is 0 Å². The number of nitrogens with zero attached hydrogens (tertiary/aromatic N) is 1. The number of hydroxylamine groups is 1. The van der Waals surface area contributed by atoms with Gasteiger partial charge in [0.05, 0.1) is 5.26 Å². The Kier molecular flexibility index (Phi) is 5.48. The van der Waals surface area contributed by atoms with Gasteiger partial charge in [-0.2, -0.15) is 0 Å². The summed E-state index contributed by atoms with van der Waals surface area (Å²) in [6, 6.07) is 0.0336. The molecule has 0 spiro atoms. The number of hydrogen-bond acceptors (Lipinski definition) is 2. The molecule has 0 heterocycles. The first-order chi connectivity index (χ1) is 4.84. The third-order valence-corrected chi connectivity index (χ3v) is 1.99. The van der Waals surface area contributed by atoms with E-state index >= 15 is 0 Å². The predicted molar refractivity (Wildman–Crippen MR) is 37.4 cm³/mol. The van der Waals surface area contributed by atoms with Crippen LogP contribution in [0, 0.1) is 5.53 Å². The van der Waals surface area contributed by atoms with Gasteiger partial charge in [0.1, 0.15) is 4.86 Å².